The van der Waals surface area contributed by atoms with E-state index in [1.807, 2.05) is 25.1 Å². The second-order valence-electron chi connectivity index (χ2n) is 6.62. The summed E-state index contributed by atoms with van der Waals surface area (Å²) in [4.78, 5) is 25.0. The number of carbonyl (C=O) groups excluding carboxylic acids is 2. The summed E-state index contributed by atoms with van der Waals surface area (Å²) in [6.07, 6.45) is 1.04. The molecule has 0 fully saturated rings. The molecule has 0 aliphatic rings. The van der Waals surface area contributed by atoms with Crippen LogP contribution in [-0.4, -0.2) is 29.8 Å². The van der Waals surface area contributed by atoms with Gasteiger partial charge in [0.25, 0.3) is 5.91 Å². The normalized spacial score (nSPS) is 12.8. The first-order valence-electron chi connectivity index (χ1n) is 9.36. The minimum Gasteiger partial charge on any atom is -0.453 e. The molecule has 28 heavy (non-hydrogen) atoms. The standard InChI is InChI=1S/C22H26FNO3S/c1-16(8-9-18-6-4-3-5-7-18)24-22(26)17(2)27-21(25)14-15-28-20-12-10-19(23)11-13-20/h3-7,10-13,16-17H,8-9,14-15H2,1-2H3,(H,24,26)/t16-,17-/m0/s1. The quantitative estimate of drug-likeness (QED) is 0.473. The molecular formula is C22H26FNO3S. The van der Waals surface area contributed by atoms with Crippen LogP contribution in [-0.2, 0) is 20.7 Å². The minimum absolute atomic E-state index is 0.0112. The Hall–Kier alpha value is -2.34. The number of nitrogens with one attached hydrogen (secondary N) is 1. The summed E-state index contributed by atoms with van der Waals surface area (Å²) >= 11 is 1.44. The first-order chi connectivity index (χ1) is 13.4. The highest BCUT2D eigenvalue weighted by Crippen LogP contribution is 2.19. The van der Waals surface area contributed by atoms with Crippen LogP contribution in [0.2, 0.25) is 0 Å². The van der Waals surface area contributed by atoms with Gasteiger partial charge in [-0.05, 0) is 56.5 Å². The van der Waals surface area contributed by atoms with Crippen molar-refractivity contribution in [1.29, 1.82) is 0 Å². The number of hydrogen-bond acceptors (Lipinski definition) is 4. The van der Waals surface area contributed by atoms with Crippen molar-refractivity contribution in [1.82, 2.24) is 5.32 Å². The maximum atomic E-state index is 12.9. The SMILES string of the molecule is C[C@H](OC(=O)CCSc1ccc(F)cc1)C(=O)N[C@@H](C)CCc1ccccc1. The highest BCUT2D eigenvalue weighted by molar-refractivity contribution is 7.99. The van der Waals surface area contributed by atoms with Gasteiger partial charge in [-0.25, -0.2) is 4.39 Å². The molecule has 2 aromatic rings. The van der Waals surface area contributed by atoms with E-state index in [0.29, 0.717) is 5.75 Å². The van der Waals surface area contributed by atoms with Crippen molar-refractivity contribution in [2.75, 3.05) is 5.75 Å². The highest BCUT2D eigenvalue weighted by atomic mass is 32.2. The number of benzene rings is 2. The van der Waals surface area contributed by atoms with Gasteiger partial charge >= 0.3 is 5.97 Å². The number of halogens is 1. The Balaban J connectivity index is 1.64. The van der Waals surface area contributed by atoms with Crippen LogP contribution in [0.15, 0.2) is 59.5 Å². The van der Waals surface area contributed by atoms with Gasteiger partial charge in [-0.3, -0.25) is 9.59 Å². The Labute approximate surface area is 169 Å². The number of thioether (sulfide) groups is 1. The molecule has 0 spiro atoms. The van der Waals surface area contributed by atoms with Gasteiger partial charge in [0.2, 0.25) is 0 Å². The van der Waals surface area contributed by atoms with Crippen molar-refractivity contribution in [2.45, 2.75) is 50.2 Å². The lowest BCUT2D eigenvalue weighted by molar-refractivity contribution is -0.154. The number of hydrogen-bond donors (Lipinski definition) is 1. The summed E-state index contributed by atoms with van der Waals surface area (Å²) in [6.45, 7) is 3.51. The maximum Gasteiger partial charge on any atom is 0.307 e. The van der Waals surface area contributed by atoms with E-state index in [2.05, 4.69) is 17.4 Å². The molecule has 0 unspecified atom stereocenters. The first-order valence-corrected chi connectivity index (χ1v) is 10.3. The molecular weight excluding hydrogens is 377 g/mol. The Morgan fingerprint density at radius 2 is 1.75 bits per heavy atom. The van der Waals surface area contributed by atoms with Gasteiger partial charge in [-0.1, -0.05) is 30.3 Å². The zero-order chi connectivity index (χ0) is 20.4. The van der Waals surface area contributed by atoms with E-state index in [0.717, 1.165) is 17.7 Å². The van der Waals surface area contributed by atoms with E-state index in [1.54, 1.807) is 19.1 Å². The maximum absolute atomic E-state index is 12.9. The van der Waals surface area contributed by atoms with Gasteiger partial charge in [0.1, 0.15) is 5.82 Å². The third kappa shape index (κ3) is 8.13. The fourth-order valence-electron chi connectivity index (χ4n) is 2.55. The van der Waals surface area contributed by atoms with Crippen molar-refractivity contribution < 1.29 is 18.7 Å². The average molecular weight is 404 g/mol. The number of esters is 1. The van der Waals surface area contributed by atoms with Gasteiger partial charge in [-0.2, -0.15) is 0 Å². The van der Waals surface area contributed by atoms with Gasteiger partial charge in [0, 0.05) is 16.7 Å². The summed E-state index contributed by atoms with van der Waals surface area (Å²) in [5, 5.41) is 2.89. The highest BCUT2D eigenvalue weighted by Gasteiger charge is 2.19. The van der Waals surface area contributed by atoms with Gasteiger partial charge in [0.05, 0.1) is 6.42 Å². The Kier molecular flexibility index (Phi) is 9.01. The largest absolute Gasteiger partial charge is 0.453 e. The Bertz CT molecular complexity index is 752. The number of carbonyl (C=O) groups is 2. The molecule has 150 valence electrons. The number of amides is 1. The van der Waals surface area contributed by atoms with Crippen molar-refractivity contribution in [3.05, 3.63) is 66.0 Å². The van der Waals surface area contributed by atoms with Crippen LogP contribution in [0.25, 0.3) is 0 Å². The lowest BCUT2D eigenvalue weighted by atomic mass is 10.1. The predicted molar refractivity (Wildman–Crippen MR) is 110 cm³/mol. The second kappa shape index (κ2) is 11.5. The number of rotatable bonds is 10. The molecule has 0 bridgehead atoms. The van der Waals surface area contributed by atoms with Crippen molar-refractivity contribution in [3.63, 3.8) is 0 Å². The molecule has 0 aliphatic heterocycles. The Morgan fingerprint density at radius 3 is 2.43 bits per heavy atom. The Morgan fingerprint density at radius 1 is 1.07 bits per heavy atom. The molecule has 0 radical (unpaired) electrons. The lowest BCUT2D eigenvalue weighted by Gasteiger charge is -2.18. The van der Waals surface area contributed by atoms with E-state index >= 15 is 0 Å². The molecule has 0 saturated carbocycles. The van der Waals surface area contributed by atoms with Crippen molar-refractivity contribution in [3.8, 4) is 0 Å². The molecule has 1 amide bonds. The van der Waals surface area contributed by atoms with Crippen molar-refractivity contribution in [2.24, 2.45) is 0 Å². The van der Waals surface area contributed by atoms with Crippen LogP contribution >= 0.6 is 11.8 Å². The lowest BCUT2D eigenvalue weighted by Crippen LogP contribution is -2.41. The van der Waals surface area contributed by atoms with Crippen LogP contribution in [0.4, 0.5) is 4.39 Å². The molecule has 0 aromatic heterocycles. The summed E-state index contributed by atoms with van der Waals surface area (Å²) in [6, 6.07) is 16.2. The molecule has 0 saturated heterocycles. The van der Waals surface area contributed by atoms with Crippen LogP contribution in [0.3, 0.4) is 0 Å². The number of ether oxygens (including phenoxy) is 1. The third-order valence-electron chi connectivity index (χ3n) is 4.16. The third-order valence-corrected chi connectivity index (χ3v) is 5.18. The minimum atomic E-state index is -0.831. The molecule has 2 atom stereocenters. The molecule has 2 rings (SSSR count). The monoisotopic (exact) mass is 403 g/mol. The van der Waals surface area contributed by atoms with E-state index in [-0.39, 0.29) is 24.2 Å². The average Bonchev–Trinajstić information content (AvgIpc) is 2.68. The van der Waals surface area contributed by atoms with Crippen LogP contribution < -0.4 is 5.32 Å². The molecule has 0 heterocycles. The molecule has 6 heteroatoms. The van der Waals surface area contributed by atoms with E-state index in [9.17, 15) is 14.0 Å². The summed E-state index contributed by atoms with van der Waals surface area (Å²) < 4.78 is 18.1. The van der Waals surface area contributed by atoms with Crippen molar-refractivity contribution >= 4 is 23.6 Å². The first kappa shape index (κ1) is 22.0. The second-order valence-corrected chi connectivity index (χ2v) is 7.79. The van der Waals surface area contributed by atoms with Gasteiger partial charge in [-0.15, -0.1) is 11.8 Å². The fraction of sp³-hybridized carbons (Fsp3) is 0.364. The summed E-state index contributed by atoms with van der Waals surface area (Å²) in [5.74, 6) is -0.498. The van der Waals surface area contributed by atoms with E-state index < -0.39 is 12.1 Å². The topological polar surface area (TPSA) is 55.4 Å². The zero-order valence-corrected chi connectivity index (χ0v) is 17.0. The van der Waals surface area contributed by atoms with Crippen LogP contribution in [0, 0.1) is 5.82 Å². The summed E-state index contributed by atoms with van der Waals surface area (Å²) in [5.41, 5.74) is 1.22. The number of aryl methyl sites for hydroxylation is 1. The zero-order valence-electron chi connectivity index (χ0n) is 16.2. The van der Waals surface area contributed by atoms with E-state index in [4.69, 9.17) is 4.74 Å². The van der Waals surface area contributed by atoms with Crippen LogP contribution in [0.1, 0.15) is 32.3 Å². The summed E-state index contributed by atoms with van der Waals surface area (Å²) in [7, 11) is 0. The molecule has 2 aromatic carbocycles. The van der Waals surface area contributed by atoms with Gasteiger partial charge in [0.15, 0.2) is 6.10 Å². The predicted octanol–water partition coefficient (Wildman–Crippen LogP) is 4.38. The fourth-order valence-corrected chi connectivity index (χ4v) is 3.39. The molecule has 4 nitrogen and oxygen atoms in total. The molecule has 1 N–H and O–H groups in total. The van der Waals surface area contributed by atoms with E-state index in [1.165, 1.54) is 29.5 Å². The van der Waals surface area contributed by atoms with Crippen LogP contribution in [0.5, 0.6) is 0 Å². The molecule has 0 aliphatic carbocycles. The van der Waals surface area contributed by atoms with Gasteiger partial charge < -0.3 is 10.1 Å². The smallest absolute Gasteiger partial charge is 0.307 e.